The number of anilines is 3. The Kier molecular flexibility index (Phi) is 5.45. The van der Waals surface area contributed by atoms with E-state index in [-0.39, 0.29) is 23.4 Å². The SMILES string of the molecule is Cc1cc(C(=O)Nc2ccc(C(C)C)cc2)nc(Nc2ccc(F)cc2)n1. The Morgan fingerprint density at radius 1 is 0.963 bits per heavy atom. The Balaban J connectivity index is 1.76. The molecular formula is C21H21FN4O. The Morgan fingerprint density at radius 3 is 2.22 bits per heavy atom. The van der Waals surface area contributed by atoms with Gasteiger partial charge in [-0.25, -0.2) is 14.4 Å². The van der Waals surface area contributed by atoms with E-state index < -0.39 is 0 Å². The predicted octanol–water partition coefficient (Wildman–Crippen LogP) is 5.04. The van der Waals surface area contributed by atoms with Crippen molar-refractivity contribution in [2.75, 3.05) is 10.6 Å². The van der Waals surface area contributed by atoms with Gasteiger partial charge in [-0.1, -0.05) is 26.0 Å². The first-order valence-corrected chi connectivity index (χ1v) is 8.70. The van der Waals surface area contributed by atoms with Crippen molar-refractivity contribution in [3.8, 4) is 0 Å². The van der Waals surface area contributed by atoms with Gasteiger partial charge in [0.15, 0.2) is 0 Å². The van der Waals surface area contributed by atoms with E-state index in [2.05, 4.69) is 34.4 Å². The minimum absolute atomic E-state index is 0.250. The zero-order valence-electron chi connectivity index (χ0n) is 15.5. The second-order valence-corrected chi connectivity index (χ2v) is 6.58. The van der Waals surface area contributed by atoms with Gasteiger partial charge in [-0.15, -0.1) is 0 Å². The molecule has 0 aliphatic carbocycles. The molecule has 0 atom stereocenters. The highest BCUT2D eigenvalue weighted by Crippen LogP contribution is 2.18. The highest BCUT2D eigenvalue weighted by atomic mass is 19.1. The maximum atomic E-state index is 13.0. The maximum Gasteiger partial charge on any atom is 0.274 e. The van der Waals surface area contributed by atoms with Gasteiger partial charge in [0.2, 0.25) is 5.95 Å². The molecule has 2 aromatic carbocycles. The molecule has 2 N–H and O–H groups in total. The van der Waals surface area contributed by atoms with Crippen LogP contribution in [0.3, 0.4) is 0 Å². The summed E-state index contributed by atoms with van der Waals surface area (Å²) in [5, 5.41) is 5.83. The predicted molar refractivity (Wildman–Crippen MR) is 105 cm³/mol. The quantitative estimate of drug-likeness (QED) is 0.665. The van der Waals surface area contributed by atoms with Crippen LogP contribution in [0.5, 0.6) is 0 Å². The molecule has 6 heteroatoms. The molecule has 0 saturated heterocycles. The summed E-state index contributed by atoms with van der Waals surface area (Å²) in [6.45, 7) is 6.02. The molecule has 0 radical (unpaired) electrons. The second-order valence-electron chi connectivity index (χ2n) is 6.58. The van der Waals surface area contributed by atoms with Crippen molar-refractivity contribution >= 4 is 23.2 Å². The van der Waals surface area contributed by atoms with Gasteiger partial charge in [-0.2, -0.15) is 0 Å². The molecule has 3 aromatic rings. The fraction of sp³-hybridized carbons (Fsp3) is 0.190. The van der Waals surface area contributed by atoms with E-state index in [1.165, 1.54) is 17.7 Å². The van der Waals surface area contributed by atoms with E-state index in [1.54, 1.807) is 25.1 Å². The normalized spacial score (nSPS) is 10.7. The van der Waals surface area contributed by atoms with Crippen LogP contribution in [-0.2, 0) is 0 Å². The third-order valence-electron chi connectivity index (χ3n) is 4.02. The second kappa shape index (κ2) is 7.95. The molecule has 0 saturated carbocycles. The molecule has 0 aliphatic rings. The molecule has 3 rings (SSSR count). The van der Waals surface area contributed by atoms with Gasteiger partial charge in [-0.3, -0.25) is 4.79 Å². The first-order valence-electron chi connectivity index (χ1n) is 8.70. The molecule has 0 fully saturated rings. The standard InChI is InChI=1S/C21H21FN4O/c1-13(2)15-4-8-17(9-5-15)24-20(27)19-12-14(3)23-21(26-19)25-18-10-6-16(22)7-11-18/h4-13H,1-3H3,(H,24,27)(H,23,25,26). The molecule has 0 unspecified atom stereocenters. The summed E-state index contributed by atoms with van der Waals surface area (Å²) in [7, 11) is 0. The number of nitrogens with one attached hydrogen (secondary N) is 2. The number of carbonyl (C=O) groups is 1. The average molecular weight is 364 g/mol. The van der Waals surface area contributed by atoms with Gasteiger partial charge in [0, 0.05) is 17.1 Å². The van der Waals surface area contributed by atoms with Crippen LogP contribution in [0.25, 0.3) is 0 Å². The highest BCUT2D eigenvalue weighted by molar-refractivity contribution is 6.03. The van der Waals surface area contributed by atoms with E-state index in [0.717, 1.165) is 0 Å². The molecule has 138 valence electrons. The van der Waals surface area contributed by atoms with Crippen LogP contribution < -0.4 is 10.6 Å². The van der Waals surface area contributed by atoms with Gasteiger partial charge in [0.25, 0.3) is 5.91 Å². The molecule has 0 bridgehead atoms. The molecule has 1 heterocycles. The lowest BCUT2D eigenvalue weighted by Crippen LogP contribution is -2.15. The molecular weight excluding hydrogens is 343 g/mol. The van der Waals surface area contributed by atoms with E-state index >= 15 is 0 Å². The summed E-state index contributed by atoms with van der Waals surface area (Å²) in [6.07, 6.45) is 0. The van der Waals surface area contributed by atoms with Gasteiger partial charge in [0.05, 0.1) is 0 Å². The number of nitrogens with zero attached hydrogens (tertiary/aromatic N) is 2. The monoisotopic (exact) mass is 364 g/mol. The Bertz CT molecular complexity index is 937. The van der Waals surface area contributed by atoms with Crippen LogP contribution in [0.15, 0.2) is 54.6 Å². The van der Waals surface area contributed by atoms with Crippen molar-refractivity contribution in [1.29, 1.82) is 0 Å². The lowest BCUT2D eigenvalue weighted by atomic mass is 10.0. The Morgan fingerprint density at radius 2 is 1.59 bits per heavy atom. The average Bonchev–Trinajstić information content (AvgIpc) is 2.63. The number of aromatic nitrogens is 2. The van der Waals surface area contributed by atoms with Crippen LogP contribution in [-0.4, -0.2) is 15.9 Å². The van der Waals surface area contributed by atoms with Gasteiger partial charge in [-0.05, 0) is 60.9 Å². The minimum Gasteiger partial charge on any atom is -0.324 e. The number of carbonyl (C=O) groups excluding carboxylic acids is 1. The number of benzene rings is 2. The zero-order valence-corrected chi connectivity index (χ0v) is 15.5. The van der Waals surface area contributed by atoms with Crippen LogP contribution in [0.2, 0.25) is 0 Å². The first kappa shape index (κ1) is 18.5. The minimum atomic E-state index is -0.325. The third-order valence-corrected chi connectivity index (χ3v) is 4.02. The van der Waals surface area contributed by atoms with E-state index in [9.17, 15) is 9.18 Å². The van der Waals surface area contributed by atoms with Crippen molar-refractivity contribution in [3.05, 3.63) is 77.4 Å². The number of amides is 1. The number of hydrogen-bond acceptors (Lipinski definition) is 4. The molecule has 0 spiro atoms. The number of hydrogen-bond donors (Lipinski definition) is 2. The smallest absolute Gasteiger partial charge is 0.274 e. The molecule has 1 aromatic heterocycles. The van der Waals surface area contributed by atoms with Crippen molar-refractivity contribution in [1.82, 2.24) is 9.97 Å². The third kappa shape index (κ3) is 4.88. The van der Waals surface area contributed by atoms with Crippen LogP contribution in [0, 0.1) is 12.7 Å². The van der Waals surface area contributed by atoms with E-state index in [1.807, 2.05) is 24.3 Å². The van der Waals surface area contributed by atoms with E-state index in [0.29, 0.717) is 23.0 Å². The summed E-state index contributed by atoms with van der Waals surface area (Å²) in [6, 6.07) is 15.2. The fourth-order valence-corrected chi connectivity index (χ4v) is 2.55. The lowest BCUT2D eigenvalue weighted by molar-refractivity contribution is 0.102. The van der Waals surface area contributed by atoms with Crippen LogP contribution in [0.1, 0.15) is 41.5 Å². The summed E-state index contributed by atoms with van der Waals surface area (Å²) >= 11 is 0. The molecule has 5 nitrogen and oxygen atoms in total. The summed E-state index contributed by atoms with van der Waals surface area (Å²) in [5.41, 5.74) is 3.44. The van der Waals surface area contributed by atoms with Crippen molar-refractivity contribution in [2.45, 2.75) is 26.7 Å². The molecule has 27 heavy (non-hydrogen) atoms. The molecule has 1 amide bonds. The Hall–Kier alpha value is -3.28. The lowest BCUT2D eigenvalue weighted by Gasteiger charge is -2.10. The van der Waals surface area contributed by atoms with Crippen molar-refractivity contribution in [2.24, 2.45) is 0 Å². The van der Waals surface area contributed by atoms with Gasteiger partial charge < -0.3 is 10.6 Å². The summed E-state index contributed by atoms with van der Waals surface area (Å²) in [5.74, 6) is 0.0653. The van der Waals surface area contributed by atoms with Crippen LogP contribution >= 0.6 is 0 Å². The van der Waals surface area contributed by atoms with Crippen molar-refractivity contribution in [3.63, 3.8) is 0 Å². The largest absolute Gasteiger partial charge is 0.324 e. The van der Waals surface area contributed by atoms with Gasteiger partial charge >= 0.3 is 0 Å². The van der Waals surface area contributed by atoms with Crippen LogP contribution in [0.4, 0.5) is 21.7 Å². The number of halogens is 1. The zero-order chi connectivity index (χ0) is 19.4. The maximum absolute atomic E-state index is 13.0. The molecule has 0 aliphatic heterocycles. The first-order chi connectivity index (χ1) is 12.9. The topological polar surface area (TPSA) is 66.9 Å². The highest BCUT2D eigenvalue weighted by Gasteiger charge is 2.12. The Labute approximate surface area is 157 Å². The van der Waals surface area contributed by atoms with E-state index in [4.69, 9.17) is 0 Å². The number of rotatable bonds is 5. The summed E-state index contributed by atoms with van der Waals surface area (Å²) in [4.78, 5) is 21.1. The van der Waals surface area contributed by atoms with Gasteiger partial charge in [0.1, 0.15) is 11.5 Å². The number of aryl methyl sites for hydroxylation is 1. The summed E-state index contributed by atoms with van der Waals surface area (Å²) < 4.78 is 13.0. The van der Waals surface area contributed by atoms with Crippen molar-refractivity contribution < 1.29 is 9.18 Å². The fourth-order valence-electron chi connectivity index (χ4n) is 2.55.